The van der Waals surface area contributed by atoms with Crippen molar-refractivity contribution in [3.63, 3.8) is 0 Å². The molecule has 0 bridgehead atoms. The van der Waals surface area contributed by atoms with Crippen LogP contribution >= 0.6 is 0 Å². The normalized spacial score (nSPS) is 18.7. The second kappa shape index (κ2) is 8.73. The van der Waals surface area contributed by atoms with E-state index >= 15 is 0 Å². The first-order chi connectivity index (χ1) is 12.6. The summed E-state index contributed by atoms with van der Waals surface area (Å²) in [4.78, 5) is 1.95. The van der Waals surface area contributed by atoms with Crippen molar-refractivity contribution in [3.05, 3.63) is 66.0 Å². The quantitative estimate of drug-likeness (QED) is 0.753. The number of rotatable bonds is 7. The van der Waals surface area contributed by atoms with Crippen LogP contribution < -0.4 is 4.72 Å². The van der Waals surface area contributed by atoms with E-state index in [-0.39, 0.29) is 17.5 Å². The molecule has 1 atom stereocenters. The highest BCUT2D eigenvalue weighted by molar-refractivity contribution is 7.89. The lowest BCUT2D eigenvalue weighted by atomic mass is 10.1. The molecule has 5 nitrogen and oxygen atoms in total. The monoisotopic (exact) mass is 378 g/mol. The van der Waals surface area contributed by atoms with Crippen LogP contribution in [0.25, 0.3) is 0 Å². The van der Waals surface area contributed by atoms with Gasteiger partial charge in [0.05, 0.1) is 12.7 Å². The van der Waals surface area contributed by atoms with Gasteiger partial charge in [-0.2, -0.15) is 0 Å². The van der Waals surface area contributed by atoms with Crippen LogP contribution in [0.2, 0.25) is 0 Å². The topological polar surface area (TPSA) is 58.6 Å². The van der Waals surface area contributed by atoms with E-state index in [0.717, 1.165) is 31.3 Å². The molecule has 1 N–H and O–H groups in total. The Labute approximate surface area is 153 Å². The maximum atomic E-state index is 13.6. The Morgan fingerprint density at radius 2 is 1.85 bits per heavy atom. The minimum atomic E-state index is -3.82. The van der Waals surface area contributed by atoms with Crippen molar-refractivity contribution >= 4 is 10.0 Å². The molecule has 2 aromatic rings. The summed E-state index contributed by atoms with van der Waals surface area (Å²) in [5, 5.41) is 0. The predicted octanol–water partition coefficient (Wildman–Crippen LogP) is 2.57. The van der Waals surface area contributed by atoms with Crippen molar-refractivity contribution in [2.24, 2.45) is 0 Å². The summed E-state index contributed by atoms with van der Waals surface area (Å²) in [5.74, 6) is -0.737. The van der Waals surface area contributed by atoms with Crippen molar-refractivity contribution in [3.8, 4) is 0 Å². The number of nitrogens with zero attached hydrogens (tertiary/aromatic N) is 1. The lowest BCUT2D eigenvalue weighted by Gasteiger charge is -2.33. The van der Waals surface area contributed by atoms with E-state index in [1.54, 1.807) is 0 Å². The summed E-state index contributed by atoms with van der Waals surface area (Å²) in [7, 11) is -3.82. The maximum Gasteiger partial charge on any atom is 0.243 e. The van der Waals surface area contributed by atoms with Gasteiger partial charge in [-0.15, -0.1) is 0 Å². The van der Waals surface area contributed by atoms with E-state index in [2.05, 4.69) is 21.8 Å². The van der Waals surface area contributed by atoms with Gasteiger partial charge in [0.25, 0.3) is 0 Å². The molecule has 140 valence electrons. The summed E-state index contributed by atoms with van der Waals surface area (Å²) in [6, 6.07) is 15.5. The van der Waals surface area contributed by atoms with E-state index in [1.165, 1.54) is 18.2 Å². The summed E-state index contributed by atoms with van der Waals surface area (Å²) in [5.41, 5.74) is 1.15. The van der Waals surface area contributed by atoms with Gasteiger partial charge in [-0.05, 0) is 30.7 Å². The molecule has 0 amide bonds. The zero-order valence-electron chi connectivity index (χ0n) is 14.5. The van der Waals surface area contributed by atoms with Gasteiger partial charge in [-0.1, -0.05) is 42.5 Å². The molecule has 0 radical (unpaired) electrons. The van der Waals surface area contributed by atoms with Crippen LogP contribution in [0, 0.1) is 5.82 Å². The molecule has 1 aliphatic rings. The smallest absolute Gasteiger partial charge is 0.243 e. The van der Waals surface area contributed by atoms with Gasteiger partial charge in [-0.3, -0.25) is 4.90 Å². The van der Waals surface area contributed by atoms with Crippen LogP contribution in [-0.2, 0) is 14.8 Å². The molecule has 0 aromatic heterocycles. The van der Waals surface area contributed by atoms with Gasteiger partial charge in [0, 0.05) is 19.6 Å². The first-order valence-corrected chi connectivity index (χ1v) is 10.2. The lowest BCUT2D eigenvalue weighted by Crippen LogP contribution is -2.39. The van der Waals surface area contributed by atoms with Crippen LogP contribution in [0.15, 0.2) is 59.5 Å². The highest BCUT2D eigenvalue weighted by Gasteiger charge is 2.22. The number of morpholine rings is 1. The summed E-state index contributed by atoms with van der Waals surface area (Å²) < 4.78 is 46.3. The second-order valence-corrected chi connectivity index (χ2v) is 7.99. The maximum absolute atomic E-state index is 13.6. The molecular weight excluding hydrogens is 355 g/mol. The Bertz CT molecular complexity index is 815. The number of hydrogen-bond donors (Lipinski definition) is 1. The molecule has 0 aliphatic carbocycles. The summed E-state index contributed by atoms with van der Waals surface area (Å²) >= 11 is 0. The Morgan fingerprint density at radius 1 is 1.12 bits per heavy atom. The Hall–Kier alpha value is -1.80. The standard InChI is InChI=1S/C19H23FN2O3S/c20-17-9-4-5-10-19(17)26(23,24)21-11-6-12-22-13-14-25-18(15-22)16-7-2-1-3-8-16/h1-5,7-10,18,21H,6,11-15H2. The first-order valence-electron chi connectivity index (χ1n) is 8.69. The van der Waals surface area contributed by atoms with Crippen molar-refractivity contribution in [2.75, 3.05) is 32.8 Å². The molecule has 1 unspecified atom stereocenters. The van der Waals surface area contributed by atoms with Crippen LogP contribution in [0.3, 0.4) is 0 Å². The van der Waals surface area contributed by atoms with Gasteiger partial charge in [0.1, 0.15) is 10.7 Å². The third kappa shape index (κ3) is 4.88. The fourth-order valence-electron chi connectivity index (χ4n) is 3.02. The molecule has 1 fully saturated rings. The molecule has 2 aromatic carbocycles. The first kappa shape index (κ1) is 19.0. The van der Waals surface area contributed by atoms with Crippen molar-refractivity contribution in [1.29, 1.82) is 0 Å². The number of sulfonamides is 1. The number of ether oxygens (including phenoxy) is 1. The predicted molar refractivity (Wildman–Crippen MR) is 97.8 cm³/mol. The van der Waals surface area contributed by atoms with Gasteiger partial charge >= 0.3 is 0 Å². The average Bonchev–Trinajstić information content (AvgIpc) is 2.66. The van der Waals surface area contributed by atoms with Crippen molar-refractivity contribution in [1.82, 2.24) is 9.62 Å². The lowest BCUT2D eigenvalue weighted by molar-refractivity contribution is -0.0300. The third-order valence-corrected chi connectivity index (χ3v) is 5.89. The fraction of sp³-hybridized carbons (Fsp3) is 0.368. The zero-order chi connectivity index (χ0) is 18.4. The molecule has 0 spiro atoms. The second-order valence-electron chi connectivity index (χ2n) is 6.25. The van der Waals surface area contributed by atoms with Crippen LogP contribution in [0.1, 0.15) is 18.1 Å². The number of hydrogen-bond acceptors (Lipinski definition) is 4. The van der Waals surface area contributed by atoms with Crippen LogP contribution in [0.4, 0.5) is 4.39 Å². The van der Waals surface area contributed by atoms with E-state index in [1.807, 2.05) is 18.2 Å². The minimum absolute atomic E-state index is 0.0417. The molecule has 0 saturated carbocycles. The SMILES string of the molecule is O=S(=O)(NCCCN1CCOC(c2ccccc2)C1)c1ccccc1F. The molecule has 7 heteroatoms. The highest BCUT2D eigenvalue weighted by Crippen LogP contribution is 2.21. The molecule has 1 saturated heterocycles. The number of halogens is 1. The highest BCUT2D eigenvalue weighted by atomic mass is 32.2. The summed E-state index contributed by atoms with van der Waals surface area (Å²) in [6.45, 7) is 3.28. The van der Waals surface area contributed by atoms with Gasteiger partial charge in [0.15, 0.2) is 0 Å². The summed E-state index contributed by atoms with van der Waals surface area (Å²) in [6.07, 6.45) is 0.690. The van der Waals surface area contributed by atoms with Gasteiger partial charge < -0.3 is 4.74 Å². The molecule has 26 heavy (non-hydrogen) atoms. The number of benzene rings is 2. The Morgan fingerprint density at radius 3 is 2.62 bits per heavy atom. The molecule has 1 aliphatic heterocycles. The van der Waals surface area contributed by atoms with Crippen molar-refractivity contribution < 1.29 is 17.5 Å². The van der Waals surface area contributed by atoms with Crippen molar-refractivity contribution in [2.45, 2.75) is 17.4 Å². The minimum Gasteiger partial charge on any atom is -0.371 e. The van der Waals surface area contributed by atoms with Gasteiger partial charge in [-0.25, -0.2) is 17.5 Å². The molecule has 1 heterocycles. The average molecular weight is 378 g/mol. The van der Waals surface area contributed by atoms with E-state index in [9.17, 15) is 12.8 Å². The largest absolute Gasteiger partial charge is 0.371 e. The van der Waals surface area contributed by atoms with Crippen LogP contribution in [0.5, 0.6) is 0 Å². The number of nitrogens with one attached hydrogen (secondary N) is 1. The third-order valence-electron chi connectivity index (χ3n) is 4.39. The van der Waals surface area contributed by atoms with E-state index in [0.29, 0.717) is 13.0 Å². The fourth-order valence-corrected chi connectivity index (χ4v) is 4.18. The Kier molecular flexibility index (Phi) is 6.37. The zero-order valence-corrected chi connectivity index (χ0v) is 15.3. The van der Waals surface area contributed by atoms with E-state index < -0.39 is 15.8 Å². The van der Waals surface area contributed by atoms with Crippen LogP contribution in [-0.4, -0.2) is 46.1 Å². The molecular formula is C19H23FN2O3S. The van der Waals surface area contributed by atoms with E-state index in [4.69, 9.17) is 4.74 Å². The van der Waals surface area contributed by atoms with Gasteiger partial charge in [0.2, 0.25) is 10.0 Å². The Balaban J connectivity index is 1.47. The molecule has 3 rings (SSSR count).